The summed E-state index contributed by atoms with van der Waals surface area (Å²) in [6.45, 7) is 13.0. The molecule has 5 nitrogen and oxygen atoms in total. The molecular formula is C12H25N5. The molecule has 0 atom stereocenters. The van der Waals surface area contributed by atoms with Crippen LogP contribution in [0.1, 0.15) is 33.5 Å². The van der Waals surface area contributed by atoms with Crippen molar-refractivity contribution in [2.75, 3.05) is 19.6 Å². The van der Waals surface area contributed by atoms with Crippen molar-refractivity contribution in [2.24, 2.45) is 11.1 Å². The van der Waals surface area contributed by atoms with Gasteiger partial charge < -0.3 is 5.73 Å². The second-order valence-corrected chi connectivity index (χ2v) is 5.16. The Kier molecular flexibility index (Phi) is 5.08. The first-order valence-corrected chi connectivity index (χ1v) is 6.31. The van der Waals surface area contributed by atoms with E-state index in [-0.39, 0.29) is 5.41 Å². The van der Waals surface area contributed by atoms with Crippen molar-refractivity contribution in [2.45, 2.75) is 40.8 Å². The van der Waals surface area contributed by atoms with Crippen molar-refractivity contribution in [3.8, 4) is 0 Å². The summed E-state index contributed by atoms with van der Waals surface area (Å²) in [5.74, 6) is 1.03. The molecule has 0 bridgehead atoms. The van der Waals surface area contributed by atoms with E-state index in [9.17, 15) is 0 Å². The van der Waals surface area contributed by atoms with Crippen LogP contribution in [0.2, 0.25) is 0 Å². The molecule has 5 heteroatoms. The van der Waals surface area contributed by atoms with Gasteiger partial charge in [-0.3, -0.25) is 4.90 Å². The highest BCUT2D eigenvalue weighted by Gasteiger charge is 2.20. The van der Waals surface area contributed by atoms with Gasteiger partial charge in [-0.1, -0.05) is 20.8 Å². The lowest BCUT2D eigenvalue weighted by molar-refractivity contribution is 0.177. The van der Waals surface area contributed by atoms with Crippen molar-refractivity contribution in [3.05, 3.63) is 12.2 Å². The summed E-state index contributed by atoms with van der Waals surface area (Å²) in [6.07, 6.45) is 1.63. The third-order valence-corrected chi connectivity index (χ3v) is 3.01. The summed E-state index contributed by atoms with van der Waals surface area (Å²) >= 11 is 0. The third-order valence-electron chi connectivity index (χ3n) is 3.01. The first-order chi connectivity index (χ1) is 8.02. The van der Waals surface area contributed by atoms with Gasteiger partial charge in [-0.05, 0) is 25.4 Å². The molecule has 98 valence electrons. The largest absolute Gasteiger partial charge is 0.330 e. The first kappa shape index (κ1) is 14.1. The highest BCUT2D eigenvalue weighted by atomic mass is 15.3. The van der Waals surface area contributed by atoms with Crippen LogP contribution in [0.4, 0.5) is 0 Å². The molecule has 0 fully saturated rings. The van der Waals surface area contributed by atoms with Crippen LogP contribution in [0.5, 0.6) is 0 Å². The lowest BCUT2D eigenvalue weighted by Gasteiger charge is -2.30. The Morgan fingerprint density at radius 2 is 2.12 bits per heavy atom. The summed E-state index contributed by atoms with van der Waals surface area (Å²) in [5.41, 5.74) is 5.92. The maximum atomic E-state index is 5.78. The average molecular weight is 239 g/mol. The number of nitrogens with two attached hydrogens (primary N) is 1. The molecule has 17 heavy (non-hydrogen) atoms. The Balaban J connectivity index is 2.64. The van der Waals surface area contributed by atoms with Crippen LogP contribution in [0.15, 0.2) is 6.33 Å². The normalized spacial score (nSPS) is 12.4. The zero-order valence-corrected chi connectivity index (χ0v) is 11.5. The monoisotopic (exact) mass is 239 g/mol. The zero-order valence-electron chi connectivity index (χ0n) is 11.5. The van der Waals surface area contributed by atoms with Gasteiger partial charge in [0, 0.05) is 13.1 Å². The Bertz CT molecular complexity index is 331. The molecular weight excluding hydrogens is 214 g/mol. The molecule has 0 spiro atoms. The zero-order chi connectivity index (χ0) is 12.9. The van der Waals surface area contributed by atoms with E-state index in [4.69, 9.17) is 5.73 Å². The number of rotatable bonds is 7. The van der Waals surface area contributed by atoms with E-state index in [0.717, 1.165) is 32.0 Å². The van der Waals surface area contributed by atoms with Gasteiger partial charge in [-0.15, -0.1) is 0 Å². The van der Waals surface area contributed by atoms with Crippen LogP contribution in [0, 0.1) is 5.41 Å². The molecule has 2 N–H and O–H groups in total. The van der Waals surface area contributed by atoms with Crippen LogP contribution >= 0.6 is 0 Å². The fourth-order valence-electron chi connectivity index (χ4n) is 1.82. The maximum absolute atomic E-state index is 5.78. The van der Waals surface area contributed by atoms with E-state index in [2.05, 4.69) is 42.7 Å². The van der Waals surface area contributed by atoms with Crippen molar-refractivity contribution >= 4 is 0 Å². The van der Waals surface area contributed by atoms with Gasteiger partial charge in [-0.2, -0.15) is 5.10 Å². The van der Waals surface area contributed by atoms with Gasteiger partial charge in [0.2, 0.25) is 0 Å². The first-order valence-electron chi connectivity index (χ1n) is 6.31. The van der Waals surface area contributed by atoms with Gasteiger partial charge >= 0.3 is 0 Å². The molecule has 1 rings (SSSR count). The molecule has 0 amide bonds. The second kappa shape index (κ2) is 6.12. The Hall–Kier alpha value is -0.940. The number of nitrogens with zero attached hydrogens (tertiary/aromatic N) is 4. The number of aromatic nitrogens is 3. The molecule has 1 heterocycles. The number of hydrogen-bond donors (Lipinski definition) is 1. The van der Waals surface area contributed by atoms with E-state index in [1.165, 1.54) is 0 Å². The Morgan fingerprint density at radius 3 is 2.65 bits per heavy atom. The lowest BCUT2D eigenvalue weighted by Crippen LogP contribution is -2.38. The molecule has 0 aliphatic heterocycles. The van der Waals surface area contributed by atoms with Crippen LogP contribution in [-0.2, 0) is 13.1 Å². The fourth-order valence-corrected chi connectivity index (χ4v) is 1.82. The summed E-state index contributed by atoms with van der Waals surface area (Å²) < 4.78 is 1.94. The van der Waals surface area contributed by atoms with Gasteiger partial charge in [-0.25, -0.2) is 9.67 Å². The van der Waals surface area contributed by atoms with Crippen LogP contribution < -0.4 is 5.73 Å². The van der Waals surface area contributed by atoms with Gasteiger partial charge in [0.25, 0.3) is 0 Å². The Labute approximate surface area is 104 Å². The van der Waals surface area contributed by atoms with Crippen molar-refractivity contribution in [1.82, 2.24) is 19.7 Å². The van der Waals surface area contributed by atoms with Gasteiger partial charge in [0.05, 0.1) is 6.54 Å². The summed E-state index contributed by atoms with van der Waals surface area (Å²) in [5, 5.41) is 4.19. The lowest BCUT2D eigenvalue weighted by atomic mass is 9.93. The van der Waals surface area contributed by atoms with E-state index in [1.807, 2.05) is 4.68 Å². The minimum Gasteiger partial charge on any atom is -0.330 e. The standard InChI is InChI=1S/C12H25N5/c1-5-16(9-12(3,4)8-13)7-11-14-10-15-17(11)6-2/h10H,5-9,13H2,1-4H3. The number of aryl methyl sites for hydroxylation is 1. The van der Waals surface area contributed by atoms with E-state index >= 15 is 0 Å². The second-order valence-electron chi connectivity index (χ2n) is 5.16. The van der Waals surface area contributed by atoms with E-state index < -0.39 is 0 Å². The SMILES string of the molecule is CCN(Cc1ncnn1CC)CC(C)(C)CN. The Morgan fingerprint density at radius 1 is 1.41 bits per heavy atom. The van der Waals surface area contributed by atoms with E-state index in [1.54, 1.807) is 6.33 Å². The topological polar surface area (TPSA) is 60.0 Å². The summed E-state index contributed by atoms with van der Waals surface area (Å²) in [6, 6.07) is 0. The minimum absolute atomic E-state index is 0.146. The number of hydrogen-bond acceptors (Lipinski definition) is 4. The highest BCUT2D eigenvalue weighted by Crippen LogP contribution is 2.16. The molecule has 0 radical (unpaired) electrons. The van der Waals surface area contributed by atoms with Crippen LogP contribution in [0.3, 0.4) is 0 Å². The predicted octanol–water partition coefficient (Wildman–Crippen LogP) is 1.10. The quantitative estimate of drug-likeness (QED) is 0.774. The molecule has 0 saturated carbocycles. The maximum Gasteiger partial charge on any atom is 0.140 e. The molecule has 0 aliphatic carbocycles. The molecule has 0 unspecified atom stereocenters. The summed E-state index contributed by atoms with van der Waals surface area (Å²) in [4.78, 5) is 6.67. The third kappa shape index (κ3) is 4.09. The molecule has 0 aliphatic rings. The highest BCUT2D eigenvalue weighted by molar-refractivity contribution is 4.86. The molecule has 1 aromatic rings. The van der Waals surface area contributed by atoms with Crippen LogP contribution in [-0.4, -0.2) is 39.3 Å². The molecule has 0 aromatic carbocycles. The van der Waals surface area contributed by atoms with Crippen molar-refractivity contribution in [1.29, 1.82) is 0 Å². The minimum atomic E-state index is 0.146. The summed E-state index contributed by atoms with van der Waals surface area (Å²) in [7, 11) is 0. The van der Waals surface area contributed by atoms with Gasteiger partial charge in [0.1, 0.15) is 12.2 Å². The van der Waals surface area contributed by atoms with Crippen LogP contribution in [0.25, 0.3) is 0 Å². The van der Waals surface area contributed by atoms with Crippen molar-refractivity contribution < 1.29 is 0 Å². The fraction of sp³-hybridized carbons (Fsp3) is 0.833. The average Bonchev–Trinajstić information content (AvgIpc) is 2.75. The smallest absolute Gasteiger partial charge is 0.140 e. The molecule has 0 saturated heterocycles. The predicted molar refractivity (Wildman–Crippen MR) is 69.5 cm³/mol. The van der Waals surface area contributed by atoms with Crippen molar-refractivity contribution in [3.63, 3.8) is 0 Å². The van der Waals surface area contributed by atoms with E-state index in [0.29, 0.717) is 6.54 Å². The molecule has 1 aromatic heterocycles. The van der Waals surface area contributed by atoms with Gasteiger partial charge in [0.15, 0.2) is 0 Å².